The Morgan fingerprint density at radius 2 is 2.31 bits per heavy atom. The van der Waals surface area contributed by atoms with Crippen LogP contribution in [0.3, 0.4) is 0 Å². The zero-order valence-electron chi connectivity index (χ0n) is 8.16. The van der Waals surface area contributed by atoms with Gasteiger partial charge in [0.2, 0.25) is 0 Å². The Labute approximate surface area is 79.4 Å². The van der Waals surface area contributed by atoms with Crippen LogP contribution >= 0.6 is 0 Å². The highest BCUT2D eigenvalue weighted by atomic mass is 16.2. The highest BCUT2D eigenvalue weighted by Gasteiger charge is 1.99. The molecule has 0 unspecified atom stereocenters. The number of hydrogen-bond acceptors (Lipinski definition) is 2. The number of aromatic nitrogens is 1. The molecule has 1 heterocycles. The van der Waals surface area contributed by atoms with Crippen molar-refractivity contribution < 1.29 is 5.11 Å². The van der Waals surface area contributed by atoms with E-state index in [2.05, 4.69) is 23.0 Å². The van der Waals surface area contributed by atoms with E-state index in [0.717, 1.165) is 25.9 Å². The summed E-state index contributed by atoms with van der Waals surface area (Å²) < 4.78 is 0. The zero-order chi connectivity index (χ0) is 9.52. The number of nitrogens with one attached hydrogen (secondary N) is 1. The normalized spacial score (nSPS) is 11.0. The number of aliphatic hydroxyl groups is 1. The average Bonchev–Trinajstić information content (AvgIpc) is 2.57. The molecule has 3 nitrogen and oxygen atoms in total. The van der Waals surface area contributed by atoms with Crippen molar-refractivity contribution in [2.24, 2.45) is 0 Å². The van der Waals surface area contributed by atoms with Crippen molar-refractivity contribution in [3.8, 4) is 0 Å². The van der Waals surface area contributed by atoms with Gasteiger partial charge in [0.15, 0.2) is 0 Å². The Morgan fingerprint density at radius 1 is 1.46 bits per heavy atom. The summed E-state index contributed by atoms with van der Waals surface area (Å²) in [6.45, 7) is 2.30. The van der Waals surface area contributed by atoms with Crippen molar-refractivity contribution in [1.82, 2.24) is 9.88 Å². The molecule has 3 heteroatoms. The van der Waals surface area contributed by atoms with Crippen molar-refractivity contribution in [3.63, 3.8) is 0 Å². The molecule has 0 radical (unpaired) electrons. The van der Waals surface area contributed by atoms with Crippen molar-refractivity contribution in [3.05, 3.63) is 24.0 Å². The molecule has 0 fully saturated rings. The molecule has 0 spiro atoms. The molecule has 74 valence electrons. The molecule has 1 aromatic rings. The first-order chi connectivity index (χ1) is 6.33. The molecule has 0 aliphatic carbocycles. The third-order valence-electron chi connectivity index (χ3n) is 2.05. The predicted molar refractivity (Wildman–Crippen MR) is 53.4 cm³/mol. The van der Waals surface area contributed by atoms with Gasteiger partial charge in [-0.15, -0.1) is 0 Å². The van der Waals surface area contributed by atoms with Gasteiger partial charge in [-0.2, -0.15) is 0 Å². The lowest BCUT2D eigenvalue weighted by Gasteiger charge is -2.14. The van der Waals surface area contributed by atoms with Crippen LogP contribution in [0.4, 0.5) is 0 Å². The molecular formula is C10H18N2O. The molecule has 1 aromatic heterocycles. The van der Waals surface area contributed by atoms with E-state index in [1.807, 2.05) is 12.3 Å². The molecule has 13 heavy (non-hydrogen) atoms. The number of hydrogen-bond donors (Lipinski definition) is 2. The Balaban J connectivity index is 2.14. The number of aromatic amines is 1. The maximum atomic E-state index is 8.61. The highest BCUT2D eigenvalue weighted by molar-refractivity contribution is 5.02. The van der Waals surface area contributed by atoms with Crippen LogP contribution in [0.5, 0.6) is 0 Å². The Hall–Kier alpha value is -0.800. The lowest BCUT2D eigenvalue weighted by molar-refractivity contribution is 0.260. The molecule has 0 bridgehead atoms. The van der Waals surface area contributed by atoms with Gasteiger partial charge in [-0.05, 0) is 38.6 Å². The molecule has 2 N–H and O–H groups in total. The van der Waals surface area contributed by atoms with Crippen molar-refractivity contribution in [1.29, 1.82) is 0 Å². The van der Waals surface area contributed by atoms with Gasteiger partial charge in [0.05, 0.1) is 0 Å². The van der Waals surface area contributed by atoms with Crippen LogP contribution in [0.2, 0.25) is 0 Å². The van der Waals surface area contributed by atoms with E-state index in [0.29, 0.717) is 6.61 Å². The van der Waals surface area contributed by atoms with Gasteiger partial charge in [0, 0.05) is 25.0 Å². The highest BCUT2D eigenvalue weighted by Crippen LogP contribution is 2.00. The van der Waals surface area contributed by atoms with Crippen molar-refractivity contribution in [2.45, 2.75) is 19.4 Å². The molecular weight excluding hydrogens is 164 g/mol. The predicted octanol–water partition coefficient (Wildman–Crippen LogP) is 1.22. The summed E-state index contributed by atoms with van der Waals surface area (Å²) in [6, 6.07) is 4.10. The summed E-state index contributed by atoms with van der Waals surface area (Å²) in [6.07, 6.45) is 3.90. The van der Waals surface area contributed by atoms with E-state index in [9.17, 15) is 0 Å². The van der Waals surface area contributed by atoms with E-state index in [4.69, 9.17) is 5.11 Å². The maximum Gasteiger partial charge on any atom is 0.0431 e. The summed E-state index contributed by atoms with van der Waals surface area (Å²) >= 11 is 0. The van der Waals surface area contributed by atoms with E-state index in [1.165, 1.54) is 5.69 Å². The lowest BCUT2D eigenvalue weighted by atomic mass is 10.3. The standard InChI is InChI=1S/C10H18N2O/c1-12(7-2-3-8-13)9-10-5-4-6-11-10/h4-6,11,13H,2-3,7-9H2,1H3. The zero-order valence-corrected chi connectivity index (χ0v) is 8.16. The van der Waals surface area contributed by atoms with Gasteiger partial charge < -0.3 is 15.0 Å². The van der Waals surface area contributed by atoms with E-state index >= 15 is 0 Å². The van der Waals surface area contributed by atoms with Crippen LogP contribution in [-0.4, -0.2) is 35.2 Å². The van der Waals surface area contributed by atoms with Gasteiger partial charge in [0.1, 0.15) is 0 Å². The first-order valence-electron chi connectivity index (χ1n) is 4.74. The van der Waals surface area contributed by atoms with Gasteiger partial charge >= 0.3 is 0 Å². The van der Waals surface area contributed by atoms with Gasteiger partial charge in [0.25, 0.3) is 0 Å². The van der Waals surface area contributed by atoms with E-state index < -0.39 is 0 Å². The second-order valence-corrected chi connectivity index (χ2v) is 3.36. The molecule has 1 rings (SSSR count). The van der Waals surface area contributed by atoms with E-state index in [1.54, 1.807) is 0 Å². The smallest absolute Gasteiger partial charge is 0.0431 e. The Morgan fingerprint density at radius 3 is 2.92 bits per heavy atom. The third kappa shape index (κ3) is 4.10. The fourth-order valence-electron chi connectivity index (χ4n) is 1.33. The first kappa shape index (κ1) is 10.3. The van der Waals surface area contributed by atoms with Crippen LogP contribution < -0.4 is 0 Å². The topological polar surface area (TPSA) is 39.3 Å². The summed E-state index contributed by atoms with van der Waals surface area (Å²) in [5.41, 5.74) is 1.24. The monoisotopic (exact) mass is 182 g/mol. The van der Waals surface area contributed by atoms with Crippen LogP contribution in [0, 0.1) is 0 Å². The van der Waals surface area contributed by atoms with Crippen molar-refractivity contribution in [2.75, 3.05) is 20.2 Å². The Bertz CT molecular complexity index is 209. The van der Waals surface area contributed by atoms with Gasteiger partial charge in [-0.25, -0.2) is 0 Å². The SMILES string of the molecule is CN(CCCCO)Cc1ccc[nH]1. The minimum atomic E-state index is 0.302. The van der Waals surface area contributed by atoms with Crippen LogP contribution in [0.1, 0.15) is 18.5 Å². The quantitative estimate of drug-likeness (QED) is 0.649. The molecule has 0 amide bonds. The van der Waals surface area contributed by atoms with Crippen LogP contribution in [0.15, 0.2) is 18.3 Å². The van der Waals surface area contributed by atoms with Crippen molar-refractivity contribution >= 4 is 0 Å². The summed E-state index contributed by atoms with van der Waals surface area (Å²) in [5, 5.41) is 8.61. The molecule has 0 aliphatic heterocycles. The maximum absolute atomic E-state index is 8.61. The summed E-state index contributed by atoms with van der Waals surface area (Å²) in [4.78, 5) is 5.42. The van der Waals surface area contributed by atoms with Crippen LogP contribution in [0.25, 0.3) is 0 Å². The second-order valence-electron chi connectivity index (χ2n) is 3.36. The number of nitrogens with zero attached hydrogens (tertiary/aromatic N) is 1. The molecule has 0 saturated carbocycles. The number of H-pyrrole nitrogens is 1. The Kier molecular flexibility index (Phi) is 4.57. The van der Waals surface area contributed by atoms with E-state index in [-0.39, 0.29) is 0 Å². The van der Waals surface area contributed by atoms with Gasteiger partial charge in [-0.3, -0.25) is 0 Å². The average molecular weight is 182 g/mol. The second kappa shape index (κ2) is 5.78. The summed E-state index contributed by atoms with van der Waals surface area (Å²) in [5.74, 6) is 0. The van der Waals surface area contributed by atoms with Crippen LogP contribution in [-0.2, 0) is 6.54 Å². The lowest BCUT2D eigenvalue weighted by Crippen LogP contribution is -2.19. The minimum absolute atomic E-state index is 0.302. The molecule has 0 aromatic carbocycles. The molecule has 0 atom stereocenters. The fraction of sp³-hybridized carbons (Fsp3) is 0.600. The summed E-state index contributed by atoms with van der Waals surface area (Å²) in [7, 11) is 2.10. The number of rotatable bonds is 6. The molecule has 0 aliphatic rings. The minimum Gasteiger partial charge on any atom is -0.396 e. The van der Waals surface area contributed by atoms with Gasteiger partial charge in [-0.1, -0.05) is 0 Å². The third-order valence-corrected chi connectivity index (χ3v) is 2.05. The molecule has 0 saturated heterocycles. The number of unbranched alkanes of at least 4 members (excludes halogenated alkanes) is 1. The first-order valence-corrected chi connectivity index (χ1v) is 4.74. The largest absolute Gasteiger partial charge is 0.396 e. The fourth-order valence-corrected chi connectivity index (χ4v) is 1.33. The number of aliphatic hydroxyl groups excluding tert-OH is 1.